The predicted molar refractivity (Wildman–Crippen MR) is 108 cm³/mol. The highest BCUT2D eigenvalue weighted by Gasteiger charge is 2.27. The summed E-state index contributed by atoms with van der Waals surface area (Å²) in [5.74, 6) is -0.541. The first-order valence-electron chi connectivity index (χ1n) is 8.83. The van der Waals surface area contributed by atoms with Crippen LogP contribution >= 0.6 is 15.9 Å². The first-order valence-corrected chi connectivity index (χ1v) is 9.62. The Morgan fingerprint density at radius 3 is 2.52 bits per heavy atom. The van der Waals surface area contributed by atoms with Crippen molar-refractivity contribution in [2.45, 2.75) is 26.1 Å². The van der Waals surface area contributed by atoms with Crippen LogP contribution in [0.25, 0.3) is 21.8 Å². The maximum Gasteiger partial charge on any atom is 0.254 e. The van der Waals surface area contributed by atoms with Crippen LogP contribution < -0.4 is 5.73 Å². The molecular weight excluding hydrogens is 410 g/mol. The molecule has 6 nitrogen and oxygen atoms in total. The molecule has 3 N–H and O–H groups in total. The number of carbonyl (C=O) groups is 2. The molecule has 2 amide bonds. The summed E-state index contributed by atoms with van der Waals surface area (Å²) in [5, 5.41) is 1.55. The molecule has 1 aliphatic heterocycles. The second-order valence-electron chi connectivity index (χ2n) is 7.09. The third-order valence-corrected chi connectivity index (χ3v) is 5.34. The molecule has 140 valence electrons. The molecule has 0 aliphatic carbocycles. The van der Waals surface area contributed by atoms with Gasteiger partial charge in [-0.05, 0) is 44.2 Å². The molecular formula is C20H20BrN3O3. The maximum absolute atomic E-state index is 13.0. The number of H-pyrrole nitrogens is 1. The number of carbonyl (C=O) groups excluding carboxylic acids is 2. The van der Waals surface area contributed by atoms with E-state index in [-0.39, 0.29) is 18.1 Å². The molecule has 0 spiro atoms. The van der Waals surface area contributed by atoms with Crippen LogP contribution in [0.1, 0.15) is 34.6 Å². The number of rotatable bonds is 2. The van der Waals surface area contributed by atoms with Crippen molar-refractivity contribution in [3.05, 3.63) is 45.9 Å². The molecule has 2 heterocycles. The van der Waals surface area contributed by atoms with Crippen molar-refractivity contribution in [3.63, 3.8) is 0 Å². The van der Waals surface area contributed by atoms with Gasteiger partial charge in [0.25, 0.3) is 5.91 Å². The number of hydrogen-bond donors (Lipinski definition) is 2. The molecule has 2 unspecified atom stereocenters. The zero-order chi connectivity index (χ0) is 19.3. The molecule has 1 aliphatic rings. The topological polar surface area (TPSA) is 88.4 Å². The zero-order valence-electron chi connectivity index (χ0n) is 15.1. The van der Waals surface area contributed by atoms with Gasteiger partial charge in [0.1, 0.15) is 0 Å². The SMILES string of the molecule is CC1CN(C(=O)c2ccc3[nH]c4cc(Br)cc(C(N)=O)c4c3c2)CC(C)O1. The van der Waals surface area contributed by atoms with Crippen LogP contribution in [0.5, 0.6) is 0 Å². The van der Waals surface area contributed by atoms with Crippen LogP contribution in [0.3, 0.4) is 0 Å². The summed E-state index contributed by atoms with van der Waals surface area (Å²) in [4.78, 5) is 30.1. The summed E-state index contributed by atoms with van der Waals surface area (Å²) < 4.78 is 6.48. The fourth-order valence-corrected chi connectivity index (χ4v) is 4.31. The van der Waals surface area contributed by atoms with Gasteiger partial charge in [-0.3, -0.25) is 9.59 Å². The monoisotopic (exact) mass is 429 g/mol. The van der Waals surface area contributed by atoms with E-state index in [4.69, 9.17) is 10.5 Å². The number of hydrogen-bond acceptors (Lipinski definition) is 3. The standard InChI is InChI=1S/C20H20BrN3O3/c1-10-8-24(9-11(2)27-10)20(26)12-3-4-16-14(5-12)18-15(19(22)25)6-13(21)7-17(18)23-16/h3-7,10-11,23H,8-9H2,1-2H3,(H2,22,25). The van der Waals surface area contributed by atoms with Crippen molar-refractivity contribution >= 4 is 49.6 Å². The minimum Gasteiger partial charge on any atom is -0.372 e. The lowest BCUT2D eigenvalue weighted by Crippen LogP contribution is -2.48. The largest absolute Gasteiger partial charge is 0.372 e. The Morgan fingerprint density at radius 1 is 1.15 bits per heavy atom. The van der Waals surface area contributed by atoms with Crippen LogP contribution in [0.2, 0.25) is 0 Å². The quantitative estimate of drug-likeness (QED) is 0.653. The van der Waals surface area contributed by atoms with Crippen LogP contribution in [0, 0.1) is 0 Å². The lowest BCUT2D eigenvalue weighted by atomic mass is 10.0. The van der Waals surface area contributed by atoms with Gasteiger partial charge in [-0.25, -0.2) is 0 Å². The van der Waals surface area contributed by atoms with E-state index in [0.717, 1.165) is 26.3 Å². The summed E-state index contributed by atoms with van der Waals surface area (Å²) in [5.41, 5.74) is 8.24. The van der Waals surface area contributed by atoms with E-state index in [1.807, 2.05) is 43.0 Å². The minimum atomic E-state index is -0.505. The normalized spacial score (nSPS) is 20.3. The van der Waals surface area contributed by atoms with Gasteiger partial charge < -0.3 is 20.4 Å². The Morgan fingerprint density at radius 2 is 1.85 bits per heavy atom. The second-order valence-corrected chi connectivity index (χ2v) is 8.01. The Balaban J connectivity index is 1.83. The highest BCUT2D eigenvalue weighted by Crippen LogP contribution is 2.32. The van der Waals surface area contributed by atoms with Crippen molar-refractivity contribution in [1.82, 2.24) is 9.88 Å². The van der Waals surface area contributed by atoms with Gasteiger partial charge in [0.2, 0.25) is 5.91 Å². The first-order chi connectivity index (χ1) is 12.8. The lowest BCUT2D eigenvalue weighted by molar-refractivity contribution is -0.0586. The Labute approximate surface area is 164 Å². The molecule has 2 aromatic carbocycles. The van der Waals surface area contributed by atoms with Gasteiger partial charge >= 0.3 is 0 Å². The Bertz CT molecular complexity index is 1070. The summed E-state index contributed by atoms with van der Waals surface area (Å²) in [6, 6.07) is 9.12. The van der Waals surface area contributed by atoms with Crippen LogP contribution in [-0.4, -0.2) is 47.0 Å². The molecule has 1 saturated heterocycles. The minimum absolute atomic E-state index is 0.00772. The van der Waals surface area contributed by atoms with Gasteiger partial charge in [-0.2, -0.15) is 0 Å². The number of ether oxygens (including phenoxy) is 1. The lowest BCUT2D eigenvalue weighted by Gasteiger charge is -2.35. The summed E-state index contributed by atoms with van der Waals surface area (Å²) in [6.45, 7) is 5.06. The number of nitrogens with one attached hydrogen (secondary N) is 1. The van der Waals surface area contributed by atoms with E-state index in [1.54, 1.807) is 6.07 Å². The van der Waals surface area contributed by atoms with Crippen LogP contribution in [-0.2, 0) is 4.74 Å². The molecule has 0 bridgehead atoms. The third kappa shape index (κ3) is 3.21. The van der Waals surface area contributed by atoms with Crippen molar-refractivity contribution in [1.29, 1.82) is 0 Å². The van der Waals surface area contributed by atoms with Crippen molar-refractivity contribution < 1.29 is 14.3 Å². The third-order valence-electron chi connectivity index (χ3n) is 4.88. The van der Waals surface area contributed by atoms with Gasteiger partial charge in [0, 0.05) is 44.9 Å². The average Bonchev–Trinajstić information content (AvgIpc) is 2.96. The maximum atomic E-state index is 13.0. The van der Waals surface area contributed by atoms with E-state index >= 15 is 0 Å². The van der Waals surface area contributed by atoms with Crippen LogP contribution in [0.4, 0.5) is 0 Å². The number of amides is 2. The average molecular weight is 430 g/mol. The molecule has 4 rings (SSSR count). The Kier molecular flexibility index (Phi) is 4.44. The number of aromatic nitrogens is 1. The number of benzene rings is 2. The molecule has 7 heteroatoms. The number of morpholine rings is 1. The second kappa shape index (κ2) is 6.65. The van der Waals surface area contributed by atoms with Crippen molar-refractivity contribution in [3.8, 4) is 0 Å². The van der Waals surface area contributed by atoms with E-state index in [1.165, 1.54) is 0 Å². The van der Waals surface area contributed by atoms with Gasteiger partial charge in [0.05, 0.1) is 17.8 Å². The number of halogens is 1. The fraction of sp³-hybridized carbons (Fsp3) is 0.300. The zero-order valence-corrected chi connectivity index (χ0v) is 16.7. The summed E-state index contributed by atoms with van der Waals surface area (Å²) in [7, 11) is 0. The highest BCUT2D eigenvalue weighted by molar-refractivity contribution is 9.10. The molecule has 0 radical (unpaired) electrons. The van der Waals surface area contributed by atoms with E-state index in [0.29, 0.717) is 24.2 Å². The van der Waals surface area contributed by atoms with Crippen LogP contribution in [0.15, 0.2) is 34.8 Å². The summed E-state index contributed by atoms with van der Waals surface area (Å²) in [6.07, 6.45) is 0.0154. The predicted octanol–water partition coefficient (Wildman–Crippen LogP) is 3.43. The van der Waals surface area contributed by atoms with E-state index in [9.17, 15) is 9.59 Å². The van der Waals surface area contributed by atoms with Crippen molar-refractivity contribution in [2.24, 2.45) is 5.73 Å². The first kappa shape index (κ1) is 18.0. The van der Waals surface area contributed by atoms with Crippen molar-refractivity contribution in [2.75, 3.05) is 13.1 Å². The van der Waals surface area contributed by atoms with Gasteiger partial charge in [-0.15, -0.1) is 0 Å². The molecule has 1 aromatic heterocycles. The molecule has 2 atom stereocenters. The Hall–Kier alpha value is -2.38. The smallest absolute Gasteiger partial charge is 0.254 e. The fourth-order valence-electron chi connectivity index (χ4n) is 3.85. The number of nitrogens with two attached hydrogens (primary N) is 1. The van der Waals surface area contributed by atoms with E-state index in [2.05, 4.69) is 20.9 Å². The van der Waals surface area contributed by atoms with E-state index < -0.39 is 5.91 Å². The number of primary amides is 1. The molecule has 0 saturated carbocycles. The number of nitrogens with zero attached hydrogens (tertiary/aromatic N) is 1. The summed E-state index contributed by atoms with van der Waals surface area (Å²) >= 11 is 3.41. The number of aromatic amines is 1. The van der Waals surface area contributed by atoms with Gasteiger partial charge in [0.15, 0.2) is 0 Å². The molecule has 3 aromatic rings. The molecule has 1 fully saturated rings. The highest BCUT2D eigenvalue weighted by atomic mass is 79.9. The van der Waals surface area contributed by atoms with Gasteiger partial charge in [-0.1, -0.05) is 15.9 Å². The number of fused-ring (bicyclic) bond motifs is 3. The molecule has 27 heavy (non-hydrogen) atoms.